The van der Waals surface area contributed by atoms with Crippen molar-refractivity contribution in [2.24, 2.45) is 0 Å². The van der Waals surface area contributed by atoms with E-state index in [1.165, 1.54) is 6.33 Å². The predicted molar refractivity (Wildman–Crippen MR) is 80.4 cm³/mol. The number of hydrogen-bond donors (Lipinski definition) is 0. The molecule has 0 spiro atoms. The molecular weight excluding hydrogens is 258 g/mol. The molecule has 1 heterocycles. The van der Waals surface area contributed by atoms with E-state index in [9.17, 15) is 10.1 Å². The van der Waals surface area contributed by atoms with Gasteiger partial charge < -0.3 is 9.80 Å². The highest BCUT2D eigenvalue weighted by Gasteiger charge is 2.27. The van der Waals surface area contributed by atoms with Crippen molar-refractivity contribution in [1.29, 1.82) is 0 Å². The maximum atomic E-state index is 11.4. The normalized spacial score (nSPS) is 10.4. The first kappa shape index (κ1) is 16.1. The summed E-state index contributed by atoms with van der Waals surface area (Å²) in [6, 6.07) is 0. The molecule has 0 aliphatic rings. The van der Waals surface area contributed by atoms with Crippen LogP contribution in [0.25, 0.3) is 0 Å². The lowest BCUT2D eigenvalue weighted by atomic mass is 10.3. The van der Waals surface area contributed by atoms with Gasteiger partial charge in [-0.05, 0) is 20.3 Å². The van der Waals surface area contributed by atoms with Gasteiger partial charge in [-0.2, -0.15) is 0 Å². The maximum absolute atomic E-state index is 11.4. The summed E-state index contributed by atoms with van der Waals surface area (Å²) >= 11 is 0. The first-order valence-corrected chi connectivity index (χ1v) is 7.02. The lowest BCUT2D eigenvalue weighted by molar-refractivity contribution is -0.383. The molecular formula is C13H23N5O2. The van der Waals surface area contributed by atoms with Crippen LogP contribution in [0.3, 0.4) is 0 Å². The molecule has 0 aromatic carbocycles. The fraction of sp³-hybridized carbons (Fsp3) is 0.692. The molecule has 0 radical (unpaired) electrons. The van der Waals surface area contributed by atoms with Crippen LogP contribution in [-0.2, 0) is 0 Å². The van der Waals surface area contributed by atoms with Gasteiger partial charge in [0.05, 0.1) is 4.92 Å². The fourth-order valence-corrected chi connectivity index (χ4v) is 2.06. The Bertz CT molecular complexity index is 448. The van der Waals surface area contributed by atoms with Crippen molar-refractivity contribution in [3.05, 3.63) is 16.4 Å². The number of aromatic nitrogens is 2. The van der Waals surface area contributed by atoms with Crippen molar-refractivity contribution < 1.29 is 4.92 Å². The van der Waals surface area contributed by atoms with Crippen LogP contribution in [0, 0.1) is 10.1 Å². The van der Waals surface area contributed by atoms with E-state index in [-0.39, 0.29) is 10.6 Å². The minimum atomic E-state index is -0.383. The van der Waals surface area contributed by atoms with Crippen LogP contribution in [-0.4, -0.2) is 41.6 Å². The zero-order valence-electron chi connectivity index (χ0n) is 12.7. The van der Waals surface area contributed by atoms with Gasteiger partial charge in [-0.15, -0.1) is 0 Å². The Balaban J connectivity index is 3.24. The third-order valence-electron chi connectivity index (χ3n) is 3.24. The van der Waals surface area contributed by atoms with Crippen molar-refractivity contribution in [1.82, 2.24) is 9.97 Å². The summed E-state index contributed by atoms with van der Waals surface area (Å²) < 4.78 is 0. The lowest BCUT2D eigenvalue weighted by Gasteiger charge is -2.22. The number of nitrogens with zero attached hydrogens (tertiary/aromatic N) is 5. The van der Waals surface area contributed by atoms with Crippen LogP contribution >= 0.6 is 0 Å². The Hall–Kier alpha value is -1.92. The second-order valence-electron chi connectivity index (χ2n) is 4.57. The average Bonchev–Trinajstić information content (AvgIpc) is 2.45. The monoisotopic (exact) mass is 281 g/mol. The quantitative estimate of drug-likeness (QED) is 0.538. The minimum Gasteiger partial charge on any atom is -0.354 e. The second kappa shape index (κ2) is 7.62. The number of unbranched alkanes of at least 4 members (excludes halogenated alkanes) is 1. The van der Waals surface area contributed by atoms with E-state index in [1.807, 2.05) is 30.7 Å². The Morgan fingerprint density at radius 1 is 1.20 bits per heavy atom. The van der Waals surface area contributed by atoms with Gasteiger partial charge in [-0.3, -0.25) is 10.1 Å². The fourth-order valence-electron chi connectivity index (χ4n) is 2.06. The van der Waals surface area contributed by atoms with Crippen molar-refractivity contribution in [2.75, 3.05) is 36.5 Å². The Morgan fingerprint density at radius 3 is 2.30 bits per heavy atom. The molecule has 7 heteroatoms. The van der Waals surface area contributed by atoms with Crippen molar-refractivity contribution in [3.8, 4) is 0 Å². The van der Waals surface area contributed by atoms with Crippen molar-refractivity contribution in [3.63, 3.8) is 0 Å². The van der Waals surface area contributed by atoms with Gasteiger partial charge in [0.15, 0.2) is 0 Å². The molecule has 0 aliphatic heterocycles. The number of anilines is 2. The molecule has 7 nitrogen and oxygen atoms in total. The Kier molecular flexibility index (Phi) is 6.14. The van der Waals surface area contributed by atoms with E-state index >= 15 is 0 Å². The van der Waals surface area contributed by atoms with E-state index < -0.39 is 0 Å². The SMILES string of the molecule is CCCCN(C)c1ncnc(N(CC)CC)c1[N+](=O)[O-]. The largest absolute Gasteiger partial charge is 0.354 e. The first-order valence-electron chi connectivity index (χ1n) is 7.02. The molecule has 0 atom stereocenters. The minimum absolute atomic E-state index is 0.00481. The Morgan fingerprint density at radius 2 is 1.80 bits per heavy atom. The highest BCUT2D eigenvalue weighted by Crippen LogP contribution is 2.33. The molecule has 112 valence electrons. The molecule has 1 rings (SSSR count). The molecule has 0 amide bonds. The summed E-state index contributed by atoms with van der Waals surface area (Å²) in [5.74, 6) is 0.786. The van der Waals surface area contributed by atoms with Crippen LogP contribution in [0.15, 0.2) is 6.33 Å². The van der Waals surface area contributed by atoms with Crippen LogP contribution in [0.5, 0.6) is 0 Å². The number of nitro groups is 1. The predicted octanol–water partition coefficient (Wildman–Crippen LogP) is 2.47. The van der Waals surface area contributed by atoms with Gasteiger partial charge in [0.1, 0.15) is 6.33 Å². The van der Waals surface area contributed by atoms with Gasteiger partial charge in [0.25, 0.3) is 0 Å². The van der Waals surface area contributed by atoms with Gasteiger partial charge in [0, 0.05) is 26.7 Å². The smallest absolute Gasteiger partial charge is 0.353 e. The maximum Gasteiger partial charge on any atom is 0.353 e. The molecule has 0 bridgehead atoms. The van der Waals surface area contributed by atoms with Crippen molar-refractivity contribution >= 4 is 17.3 Å². The number of hydrogen-bond acceptors (Lipinski definition) is 6. The standard InChI is InChI=1S/C13H23N5O2/c1-5-8-9-16(4)12-11(18(19)20)13(15-10-14-12)17(6-2)7-3/h10H,5-9H2,1-4H3. The topological polar surface area (TPSA) is 75.4 Å². The Labute approximate surface area is 119 Å². The van der Waals surface area contributed by atoms with E-state index in [1.54, 1.807) is 0 Å². The summed E-state index contributed by atoms with van der Waals surface area (Å²) in [7, 11) is 1.83. The third kappa shape index (κ3) is 3.55. The zero-order chi connectivity index (χ0) is 15.1. The van der Waals surface area contributed by atoms with E-state index in [0.717, 1.165) is 19.4 Å². The van der Waals surface area contributed by atoms with E-state index in [0.29, 0.717) is 24.7 Å². The van der Waals surface area contributed by atoms with E-state index in [4.69, 9.17) is 0 Å². The zero-order valence-corrected chi connectivity index (χ0v) is 12.7. The lowest BCUT2D eigenvalue weighted by Crippen LogP contribution is -2.27. The van der Waals surface area contributed by atoms with Gasteiger partial charge in [-0.25, -0.2) is 9.97 Å². The summed E-state index contributed by atoms with van der Waals surface area (Å²) in [4.78, 5) is 23.0. The van der Waals surface area contributed by atoms with Gasteiger partial charge in [-0.1, -0.05) is 13.3 Å². The molecule has 0 N–H and O–H groups in total. The van der Waals surface area contributed by atoms with Crippen LogP contribution in [0.2, 0.25) is 0 Å². The molecule has 1 aromatic rings. The second-order valence-corrected chi connectivity index (χ2v) is 4.57. The van der Waals surface area contributed by atoms with Crippen LogP contribution in [0.4, 0.5) is 17.3 Å². The molecule has 0 saturated heterocycles. The summed E-state index contributed by atoms with van der Waals surface area (Å²) in [5, 5.41) is 11.4. The van der Waals surface area contributed by atoms with Gasteiger partial charge in [0.2, 0.25) is 11.6 Å². The highest BCUT2D eigenvalue weighted by atomic mass is 16.6. The van der Waals surface area contributed by atoms with Crippen molar-refractivity contribution in [2.45, 2.75) is 33.6 Å². The number of rotatable bonds is 8. The molecule has 0 saturated carbocycles. The highest BCUT2D eigenvalue weighted by molar-refractivity contribution is 5.70. The first-order chi connectivity index (χ1) is 9.56. The molecule has 0 fully saturated rings. The van der Waals surface area contributed by atoms with Crippen LogP contribution < -0.4 is 9.80 Å². The molecule has 1 aromatic heterocycles. The molecule has 0 unspecified atom stereocenters. The third-order valence-corrected chi connectivity index (χ3v) is 3.24. The summed E-state index contributed by atoms with van der Waals surface area (Å²) in [6.45, 7) is 8.08. The van der Waals surface area contributed by atoms with Gasteiger partial charge >= 0.3 is 5.69 Å². The summed E-state index contributed by atoms with van der Waals surface area (Å²) in [5.41, 5.74) is -0.00481. The molecule has 20 heavy (non-hydrogen) atoms. The van der Waals surface area contributed by atoms with Crippen LogP contribution in [0.1, 0.15) is 33.6 Å². The average molecular weight is 281 g/mol. The summed E-state index contributed by atoms with van der Waals surface area (Å²) in [6.07, 6.45) is 3.41. The molecule has 0 aliphatic carbocycles. The van der Waals surface area contributed by atoms with E-state index in [2.05, 4.69) is 16.9 Å².